The molecule has 1 aliphatic rings. The highest BCUT2D eigenvalue weighted by Crippen LogP contribution is 2.41. The van der Waals surface area contributed by atoms with Crippen LogP contribution in [0.15, 0.2) is 24.3 Å². The predicted octanol–water partition coefficient (Wildman–Crippen LogP) is 1.87. The van der Waals surface area contributed by atoms with Crippen molar-refractivity contribution in [2.75, 3.05) is 13.7 Å². The number of rotatable bonds is 4. The molecule has 0 aliphatic heterocycles. The molecule has 1 saturated carbocycles. The summed E-state index contributed by atoms with van der Waals surface area (Å²) in [6.45, 7) is 2.57. The van der Waals surface area contributed by atoms with E-state index in [0.717, 1.165) is 12.2 Å². The number of hydrogen-bond acceptors (Lipinski definition) is 2. The van der Waals surface area contributed by atoms with Gasteiger partial charge in [0.25, 0.3) is 0 Å². The lowest BCUT2D eigenvalue weighted by Crippen LogP contribution is -2.37. The van der Waals surface area contributed by atoms with Gasteiger partial charge in [-0.3, -0.25) is 0 Å². The molecule has 0 spiro atoms. The van der Waals surface area contributed by atoms with Crippen LogP contribution in [0.2, 0.25) is 0 Å². The Labute approximate surface area is 101 Å². The fourth-order valence-corrected chi connectivity index (χ4v) is 1.95. The third-order valence-electron chi connectivity index (χ3n) is 2.99. The van der Waals surface area contributed by atoms with Crippen molar-refractivity contribution in [1.29, 1.82) is 0 Å². The summed E-state index contributed by atoms with van der Waals surface area (Å²) < 4.78 is 5.11. The summed E-state index contributed by atoms with van der Waals surface area (Å²) >= 11 is 0. The smallest absolute Gasteiger partial charge is 0.315 e. The minimum atomic E-state index is -0.0755. The van der Waals surface area contributed by atoms with Gasteiger partial charge >= 0.3 is 6.03 Å². The maximum atomic E-state index is 11.3. The molecule has 0 heterocycles. The Morgan fingerprint density at radius 3 is 2.71 bits per heavy atom. The van der Waals surface area contributed by atoms with Crippen molar-refractivity contribution in [3.63, 3.8) is 0 Å². The second-order valence-corrected chi connectivity index (χ2v) is 4.23. The molecule has 1 aliphatic carbocycles. The van der Waals surface area contributed by atoms with Crippen molar-refractivity contribution in [3.8, 4) is 5.75 Å². The average molecular weight is 234 g/mol. The molecule has 2 rings (SSSR count). The summed E-state index contributed by atoms with van der Waals surface area (Å²) in [5, 5.41) is 5.69. The van der Waals surface area contributed by atoms with Crippen LogP contribution in [0.5, 0.6) is 5.75 Å². The number of benzene rings is 1. The van der Waals surface area contributed by atoms with Crippen LogP contribution >= 0.6 is 0 Å². The lowest BCUT2D eigenvalue weighted by Gasteiger charge is -2.06. The molecule has 4 nitrogen and oxygen atoms in total. The zero-order valence-corrected chi connectivity index (χ0v) is 10.2. The van der Waals surface area contributed by atoms with Gasteiger partial charge in [0, 0.05) is 18.5 Å². The van der Waals surface area contributed by atoms with Gasteiger partial charge in [-0.1, -0.05) is 12.1 Å². The zero-order valence-electron chi connectivity index (χ0n) is 10.2. The first-order valence-corrected chi connectivity index (χ1v) is 5.93. The van der Waals surface area contributed by atoms with Gasteiger partial charge < -0.3 is 15.4 Å². The Bertz CT molecular complexity index is 389. The first-order valence-electron chi connectivity index (χ1n) is 5.93. The normalized spacial score (nSPS) is 21.8. The maximum Gasteiger partial charge on any atom is 0.315 e. The summed E-state index contributed by atoms with van der Waals surface area (Å²) in [5.74, 6) is 1.31. The number of nitrogens with one attached hydrogen (secondary N) is 2. The van der Waals surface area contributed by atoms with Crippen LogP contribution in [-0.4, -0.2) is 25.7 Å². The van der Waals surface area contributed by atoms with Gasteiger partial charge in [0.2, 0.25) is 0 Å². The van der Waals surface area contributed by atoms with E-state index in [-0.39, 0.29) is 12.1 Å². The maximum absolute atomic E-state index is 11.3. The molecule has 0 radical (unpaired) electrons. The van der Waals surface area contributed by atoms with Crippen LogP contribution in [-0.2, 0) is 0 Å². The van der Waals surface area contributed by atoms with Gasteiger partial charge in [0.1, 0.15) is 5.75 Å². The number of methoxy groups -OCH3 is 1. The van der Waals surface area contributed by atoms with E-state index < -0.39 is 0 Å². The molecule has 17 heavy (non-hydrogen) atoms. The summed E-state index contributed by atoms with van der Waals surface area (Å²) in [4.78, 5) is 11.3. The summed E-state index contributed by atoms with van der Waals surface area (Å²) in [7, 11) is 1.66. The Morgan fingerprint density at radius 2 is 2.12 bits per heavy atom. The standard InChI is InChI=1S/C13H18N2O2/c1-3-14-13(16)15-12-8-11(12)9-4-6-10(17-2)7-5-9/h4-7,11-12H,3,8H2,1-2H3,(H2,14,15,16)/t11-,12-/m1/s1. The van der Waals surface area contributed by atoms with E-state index in [2.05, 4.69) is 22.8 Å². The van der Waals surface area contributed by atoms with Crippen LogP contribution in [0, 0.1) is 0 Å². The fraction of sp³-hybridized carbons (Fsp3) is 0.462. The van der Waals surface area contributed by atoms with Crippen LogP contribution in [0.1, 0.15) is 24.8 Å². The van der Waals surface area contributed by atoms with Gasteiger partial charge in [-0.15, -0.1) is 0 Å². The van der Waals surface area contributed by atoms with Crippen molar-refractivity contribution < 1.29 is 9.53 Å². The first kappa shape index (κ1) is 11.8. The molecule has 0 unspecified atom stereocenters. The second kappa shape index (κ2) is 5.08. The highest BCUT2D eigenvalue weighted by molar-refractivity contribution is 5.74. The Balaban J connectivity index is 1.87. The molecule has 92 valence electrons. The highest BCUT2D eigenvalue weighted by Gasteiger charge is 2.39. The molecule has 0 aromatic heterocycles. The summed E-state index contributed by atoms with van der Waals surface area (Å²) in [5.41, 5.74) is 1.26. The molecule has 1 fully saturated rings. The molecule has 1 aromatic rings. The predicted molar refractivity (Wildman–Crippen MR) is 66.3 cm³/mol. The fourth-order valence-electron chi connectivity index (χ4n) is 1.95. The van der Waals surface area contributed by atoms with Crippen LogP contribution in [0.25, 0.3) is 0 Å². The van der Waals surface area contributed by atoms with E-state index >= 15 is 0 Å². The molecule has 1 aromatic carbocycles. The van der Waals surface area contributed by atoms with Gasteiger partial charge in [0.05, 0.1) is 7.11 Å². The largest absolute Gasteiger partial charge is 0.497 e. The number of carbonyl (C=O) groups is 1. The van der Waals surface area contributed by atoms with E-state index in [1.54, 1.807) is 7.11 Å². The molecule has 2 atom stereocenters. The first-order chi connectivity index (χ1) is 8.24. The van der Waals surface area contributed by atoms with Crippen molar-refractivity contribution in [3.05, 3.63) is 29.8 Å². The molecule has 0 bridgehead atoms. The molecular formula is C13H18N2O2. The van der Waals surface area contributed by atoms with E-state index in [9.17, 15) is 4.79 Å². The summed E-state index contributed by atoms with van der Waals surface area (Å²) in [6, 6.07) is 8.22. The molecular weight excluding hydrogens is 216 g/mol. The lowest BCUT2D eigenvalue weighted by atomic mass is 10.1. The quantitative estimate of drug-likeness (QED) is 0.835. The van der Waals surface area contributed by atoms with Crippen molar-refractivity contribution in [2.45, 2.75) is 25.3 Å². The summed E-state index contributed by atoms with van der Waals surface area (Å²) in [6.07, 6.45) is 1.02. The third kappa shape index (κ3) is 2.90. The number of hydrogen-bond donors (Lipinski definition) is 2. The number of carbonyl (C=O) groups excluding carboxylic acids is 1. The van der Waals surface area contributed by atoms with E-state index in [1.807, 2.05) is 19.1 Å². The number of ether oxygens (including phenoxy) is 1. The molecule has 2 amide bonds. The van der Waals surface area contributed by atoms with Gasteiger partial charge in [-0.25, -0.2) is 4.79 Å². The molecule has 0 saturated heterocycles. The SMILES string of the molecule is CCNC(=O)N[C@@H]1C[C@@H]1c1ccc(OC)cc1. The van der Waals surface area contributed by atoms with Gasteiger partial charge in [-0.2, -0.15) is 0 Å². The Morgan fingerprint density at radius 1 is 1.41 bits per heavy atom. The number of urea groups is 1. The van der Waals surface area contributed by atoms with E-state index in [0.29, 0.717) is 12.5 Å². The minimum absolute atomic E-state index is 0.0755. The third-order valence-corrected chi connectivity index (χ3v) is 2.99. The van der Waals surface area contributed by atoms with Crippen LogP contribution < -0.4 is 15.4 Å². The van der Waals surface area contributed by atoms with E-state index in [4.69, 9.17) is 4.74 Å². The Kier molecular flexibility index (Phi) is 3.52. The zero-order chi connectivity index (χ0) is 12.3. The highest BCUT2D eigenvalue weighted by atomic mass is 16.5. The molecule has 2 N–H and O–H groups in total. The van der Waals surface area contributed by atoms with Crippen LogP contribution in [0.3, 0.4) is 0 Å². The average Bonchev–Trinajstić information content (AvgIpc) is 3.09. The van der Waals surface area contributed by atoms with Crippen molar-refractivity contribution in [2.24, 2.45) is 0 Å². The van der Waals surface area contributed by atoms with Gasteiger partial charge in [-0.05, 0) is 31.0 Å². The van der Waals surface area contributed by atoms with Crippen molar-refractivity contribution in [1.82, 2.24) is 10.6 Å². The van der Waals surface area contributed by atoms with Crippen LogP contribution in [0.4, 0.5) is 4.79 Å². The number of amides is 2. The second-order valence-electron chi connectivity index (χ2n) is 4.23. The Hall–Kier alpha value is -1.71. The van der Waals surface area contributed by atoms with Crippen molar-refractivity contribution >= 4 is 6.03 Å². The monoisotopic (exact) mass is 234 g/mol. The lowest BCUT2D eigenvalue weighted by molar-refractivity contribution is 0.241. The van der Waals surface area contributed by atoms with E-state index in [1.165, 1.54) is 5.56 Å². The topological polar surface area (TPSA) is 50.4 Å². The minimum Gasteiger partial charge on any atom is -0.497 e. The molecule has 4 heteroatoms. The van der Waals surface area contributed by atoms with Gasteiger partial charge in [0.15, 0.2) is 0 Å².